The van der Waals surface area contributed by atoms with Gasteiger partial charge in [-0.3, -0.25) is 4.79 Å². The van der Waals surface area contributed by atoms with Gasteiger partial charge in [0.05, 0.1) is 6.61 Å². The molecule has 0 spiro atoms. The third kappa shape index (κ3) is 1.38. The average molecular weight is 212 g/mol. The van der Waals surface area contributed by atoms with Gasteiger partial charge in [-0.25, -0.2) is 4.98 Å². The first-order chi connectivity index (χ1) is 6.59. The van der Waals surface area contributed by atoms with Crippen molar-refractivity contribution in [3.8, 4) is 5.75 Å². The zero-order valence-corrected chi connectivity index (χ0v) is 8.76. The second kappa shape index (κ2) is 3.24. The highest BCUT2D eigenvalue weighted by atomic mass is 35.5. The zero-order valence-electron chi connectivity index (χ0n) is 8.00. The van der Waals surface area contributed by atoms with Crippen molar-refractivity contribution in [3.63, 3.8) is 0 Å². The summed E-state index contributed by atoms with van der Waals surface area (Å²) in [5, 5.41) is 0.289. The number of rotatable bonds is 1. The van der Waals surface area contributed by atoms with Crippen LogP contribution in [-0.4, -0.2) is 17.4 Å². The summed E-state index contributed by atoms with van der Waals surface area (Å²) in [4.78, 5) is 15.1. The number of hydrogen-bond acceptors (Lipinski definition) is 3. The fourth-order valence-electron chi connectivity index (χ4n) is 1.51. The van der Waals surface area contributed by atoms with Crippen LogP contribution >= 0.6 is 11.6 Å². The van der Waals surface area contributed by atoms with E-state index in [-0.39, 0.29) is 16.9 Å². The summed E-state index contributed by atoms with van der Waals surface area (Å²) in [6, 6.07) is 1.77. The molecular weight excluding hydrogens is 202 g/mol. The van der Waals surface area contributed by atoms with E-state index in [1.54, 1.807) is 6.07 Å². The van der Waals surface area contributed by atoms with E-state index in [1.807, 2.05) is 6.92 Å². The molecule has 4 heteroatoms. The van der Waals surface area contributed by atoms with Gasteiger partial charge in [0.1, 0.15) is 5.69 Å². The van der Waals surface area contributed by atoms with Crippen LogP contribution in [0.3, 0.4) is 0 Å². The highest BCUT2D eigenvalue weighted by Crippen LogP contribution is 2.38. The highest BCUT2D eigenvalue weighted by molar-refractivity contribution is 6.31. The standard InChI is InChI=1S/C10H10ClNO2/c1-5-4-14-9-7(5)3-8(6(2)13)12-10(9)11/h3,5H,4H2,1-2H3. The molecule has 2 rings (SSSR count). The number of hydrogen-bond donors (Lipinski definition) is 0. The maximum atomic E-state index is 11.1. The minimum atomic E-state index is -0.0752. The van der Waals surface area contributed by atoms with Gasteiger partial charge >= 0.3 is 0 Å². The maximum Gasteiger partial charge on any atom is 0.178 e. The van der Waals surface area contributed by atoms with Crippen LogP contribution in [0.1, 0.15) is 35.8 Å². The van der Waals surface area contributed by atoms with Crippen molar-refractivity contribution in [2.24, 2.45) is 0 Å². The molecular formula is C10H10ClNO2. The molecule has 0 N–H and O–H groups in total. The summed E-state index contributed by atoms with van der Waals surface area (Å²) in [6.07, 6.45) is 0. The van der Waals surface area contributed by atoms with Crippen molar-refractivity contribution in [1.82, 2.24) is 4.98 Å². The number of pyridine rings is 1. The number of ketones is 1. The van der Waals surface area contributed by atoms with E-state index < -0.39 is 0 Å². The number of aromatic nitrogens is 1. The molecule has 1 unspecified atom stereocenters. The van der Waals surface area contributed by atoms with Crippen molar-refractivity contribution in [1.29, 1.82) is 0 Å². The predicted octanol–water partition coefficient (Wildman–Crippen LogP) is 2.43. The Labute approximate surface area is 87.0 Å². The van der Waals surface area contributed by atoms with Crippen LogP contribution in [0.5, 0.6) is 5.75 Å². The van der Waals surface area contributed by atoms with E-state index in [0.717, 1.165) is 5.56 Å². The van der Waals surface area contributed by atoms with Gasteiger partial charge in [0.2, 0.25) is 0 Å². The molecule has 0 bridgehead atoms. The predicted molar refractivity (Wildman–Crippen MR) is 53.2 cm³/mol. The summed E-state index contributed by atoms with van der Waals surface area (Å²) < 4.78 is 5.37. The smallest absolute Gasteiger partial charge is 0.178 e. The minimum Gasteiger partial charge on any atom is -0.489 e. The van der Waals surface area contributed by atoms with Crippen molar-refractivity contribution in [3.05, 3.63) is 22.5 Å². The Morgan fingerprint density at radius 3 is 3.07 bits per heavy atom. The van der Waals surface area contributed by atoms with Crippen molar-refractivity contribution >= 4 is 17.4 Å². The molecule has 14 heavy (non-hydrogen) atoms. The Hall–Kier alpha value is -1.09. The first kappa shape index (κ1) is 9.46. The molecule has 0 amide bonds. The SMILES string of the molecule is CC(=O)c1cc2c(c(Cl)n1)OCC2C. The summed E-state index contributed by atoms with van der Waals surface area (Å²) in [5.74, 6) is 0.835. The quantitative estimate of drug-likeness (QED) is 0.529. The van der Waals surface area contributed by atoms with Crippen LogP contribution in [0.4, 0.5) is 0 Å². The fraction of sp³-hybridized carbons (Fsp3) is 0.400. The molecule has 2 heterocycles. The van der Waals surface area contributed by atoms with E-state index in [1.165, 1.54) is 6.92 Å². The molecule has 0 radical (unpaired) electrons. The molecule has 1 aromatic rings. The van der Waals surface area contributed by atoms with Gasteiger partial charge in [0.15, 0.2) is 16.7 Å². The Morgan fingerprint density at radius 1 is 1.71 bits per heavy atom. The van der Waals surface area contributed by atoms with Crippen LogP contribution in [0.25, 0.3) is 0 Å². The molecule has 3 nitrogen and oxygen atoms in total. The molecule has 0 aromatic carbocycles. The van der Waals surface area contributed by atoms with E-state index >= 15 is 0 Å². The topological polar surface area (TPSA) is 39.2 Å². The Kier molecular flexibility index (Phi) is 2.19. The molecule has 1 aromatic heterocycles. The number of nitrogens with zero attached hydrogens (tertiary/aromatic N) is 1. The second-order valence-corrected chi connectivity index (χ2v) is 3.84. The van der Waals surface area contributed by atoms with Gasteiger partial charge in [-0.05, 0) is 6.07 Å². The van der Waals surface area contributed by atoms with Crippen molar-refractivity contribution < 1.29 is 9.53 Å². The molecule has 1 atom stereocenters. The third-order valence-electron chi connectivity index (χ3n) is 2.33. The Bertz CT molecular complexity index is 403. The van der Waals surface area contributed by atoms with E-state index in [2.05, 4.69) is 4.98 Å². The van der Waals surface area contributed by atoms with Crippen LogP contribution in [0.2, 0.25) is 5.15 Å². The number of fused-ring (bicyclic) bond motifs is 1. The fourth-order valence-corrected chi connectivity index (χ4v) is 1.76. The first-order valence-electron chi connectivity index (χ1n) is 4.43. The highest BCUT2D eigenvalue weighted by Gasteiger charge is 2.25. The summed E-state index contributed by atoms with van der Waals surface area (Å²) >= 11 is 5.90. The minimum absolute atomic E-state index is 0.0752. The van der Waals surface area contributed by atoms with Gasteiger partial charge in [0, 0.05) is 18.4 Å². The molecule has 1 aliphatic rings. The van der Waals surface area contributed by atoms with E-state index in [0.29, 0.717) is 18.1 Å². The van der Waals surface area contributed by atoms with Gasteiger partial charge in [-0.1, -0.05) is 18.5 Å². The Morgan fingerprint density at radius 2 is 2.43 bits per heavy atom. The maximum absolute atomic E-state index is 11.1. The summed E-state index contributed by atoms with van der Waals surface area (Å²) in [7, 11) is 0. The number of carbonyl (C=O) groups is 1. The molecule has 74 valence electrons. The largest absolute Gasteiger partial charge is 0.489 e. The van der Waals surface area contributed by atoms with Crippen LogP contribution in [0, 0.1) is 0 Å². The third-order valence-corrected chi connectivity index (χ3v) is 2.59. The van der Waals surface area contributed by atoms with Crippen LogP contribution in [-0.2, 0) is 0 Å². The number of ether oxygens (including phenoxy) is 1. The number of Topliss-reactive ketones (excluding diaryl/α,β-unsaturated/α-hetero) is 1. The lowest BCUT2D eigenvalue weighted by molar-refractivity contribution is 0.101. The number of halogens is 1. The number of carbonyl (C=O) groups excluding carboxylic acids is 1. The lowest BCUT2D eigenvalue weighted by Gasteiger charge is -2.04. The van der Waals surface area contributed by atoms with Gasteiger partial charge in [0.25, 0.3) is 0 Å². The molecule has 0 fully saturated rings. The van der Waals surface area contributed by atoms with Crippen molar-refractivity contribution in [2.75, 3.05) is 6.61 Å². The van der Waals surface area contributed by atoms with Gasteiger partial charge in [-0.15, -0.1) is 0 Å². The van der Waals surface area contributed by atoms with Gasteiger partial charge < -0.3 is 4.74 Å². The summed E-state index contributed by atoms with van der Waals surface area (Å²) in [5.41, 5.74) is 1.39. The van der Waals surface area contributed by atoms with E-state index in [9.17, 15) is 4.79 Å². The van der Waals surface area contributed by atoms with Crippen molar-refractivity contribution in [2.45, 2.75) is 19.8 Å². The Balaban J connectivity index is 2.58. The normalized spacial score (nSPS) is 18.9. The van der Waals surface area contributed by atoms with Crippen LogP contribution in [0.15, 0.2) is 6.07 Å². The first-order valence-corrected chi connectivity index (χ1v) is 4.81. The van der Waals surface area contributed by atoms with Crippen LogP contribution < -0.4 is 4.74 Å². The zero-order chi connectivity index (χ0) is 10.3. The van der Waals surface area contributed by atoms with E-state index in [4.69, 9.17) is 16.3 Å². The summed E-state index contributed by atoms with van der Waals surface area (Å²) in [6.45, 7) is 4.12. The molecule has 0 saturated carbocycles. The molecule has 0 aliphatic carbocycles. The average Bonchev–Trinajstić information content (AvgIpc) is 2.48. The van der Waals surface area contributed by atoms with Gasteiger partial charge in [-0.2, -0.15) is 0 Å². The monoisotopic (exact) mass is 211 g/mol. The molecule has 0 saturated heterocycles. The lowest BCUT2D eigenvalue weighted by atomic mass is 10.0. The second-order valence-electron chi connectivity index (χ2n) is 3.48. The molecule has 1 aliphatic heterocycles. The lowest BCUT2D eigenvalue weighted by Crippen LogP contribution is -1.99.